The van der Waals surface area contributed by atoms with Crippen molar-refractivity contribution in [3.63, 3.8) is 0 Å². The summed E-state index contributed by atoms with van der Waals surface area (Å²) in [5.41, 5.74) is 12.5. The Balaban J connectivity index is 0.936. The molecule has 4 aromatic heterocycles. The van der Waals surface area contributed by atoms with Crippen LogP contribution in [0.15, 0.2) is 170 Å². The van der Waals surface area contributed by atoms with Gasteiger partial charge in [0.2, 0.25) is 0 Å². The molecule has 0 saturated heterocycles. The first-order valence-electron chi connectivity index (χ1n) is 16.8. The average Bonchev–Trinajstić information content (AvgIpc) is 3.19. The Kier molecular flexibility index (Phi) is 6.46. The number of hydrogen-bond donors (Lipinski definition) is 0. The van der Waals surface area contributed by atoms with Gasteiger partial charge in [0.25, 0.3) is 0 Å². The topological polar surface area (TPSA) is 51.6 Å². The molecule has 6 aromatic carbocycles. The molecule has 4 nitrogen and oxygen atoms in total. The van der Waals surface area contributed by atoms with Gasteiger partial charge in [-0.1, -0.05) is 97.1 Å². The van der Waals surface area contributed by atoms with Gasteiger partial charge in [-0.05, 0) is 93.7 Å². The number of benzene rings is 6. The summed E-state index contributed by atoms with van der Waals surface area (Å²) >= 11 is 0. The minimum Gasteiger partial charge on any atom is -0.254 e. The Morgan fingerprint density at radius 1 is 0.320 bits per heavy atom. The first-order chi connectivity index (χ1) is 24.7. The molecule has 10 aromatic rings. The summed E-state index contributed by atoms with van der Waals surface area (Å²) in [6.07, 6.45) is 3.66. The molecule has 10 rings (SSSR count). The lowest BCUT2D eigenvalue weighted by Crippen LogP contribution is -1.90. The molecule has 0 bridgehead atoms. The molecule has 0 unspecified atom stereocenters. The molecule has 50 heavy (non-hydrogen) atoms. The lowest BCUT2D eigenvalue weighted by Gasteiger charge is -2.11. The van der Waals surface area contributed by atoms with E-state index >= 15 is 0 Å². The van der Waals surface area contributed by atoms with Crippen LogP contribution in [0.2, 0.25) is 0 Å². The van der Waals surface area contributed by atoms with Gasteiger partial charge in [-0.15, -0.1) is 0 Å². The van der Waals surface area contributed by atoms with E-state index in [9.17, 15) is 0 Å². The van der Waals surface area contributed by atoms with Crippen molar-refractivity contribution in [2.75, 3.05) is 0 Å². The second-order valence-electron chi connectivity index (χ2n) is 12.7. The minimum absolute atomic E-state index is 0.923. The molecule has 0 aliphatic rings. The van der Waals surface area contributed by atoms with Crippen LogP contribution in [0.5, 0.6) is 0 Å². The molecule has 0 aliphatic carbocycles. The van der Waals surface area contributed by atoms with Crippen LogP contribution in [0.3, 0.4) is 0 Å². The van der Waals surface area contributed by atoms with Crippen LogP contribution >= 0.6 is 0 Å². The normalized spacial score (nSPS) is 11.6. The summed E-state index contributed by atoms with van der Waals surface area (Å²) in [6, 6.07) is 55.6. The predicted octanol–water partition coefficient (Wildman–Crippen LogP) is 11.7. The van der Waals surface area contributed by atoms with Crippen LogP contribution in [0.4, 0.5) is 0 Å². The van der Waals surface area contributed by atoms with Crippen molar-refractivity contribution in [3.05, 3.63) is 170 Å². The molecule has 232 valence electrons. The first kappa shape index (κ1) is 28.3. The molecule has 0 amide bonds. The third-order valence-electron chi connectivity index (χ3n) is 9.71. The van der Waals surface area contributed by atoms with E-state index < -0.39 is 0 Å². The maximum atomic E-state index is 5.05. The fraction of sp³-hybridized carbons (Fsp3) is 0. The van der Waals surface area contributed by atoms with Crippen LogP contribution in [0, 0.1) is 0 Å². The van der Waals surface area contributed by atoms with Crippen LogP contribution in [-0.4, -0.2) is 19.9 Å². The zero-order chi connectivity index (χ0) is 33.0. The molecule has 0 aliphatic heterocycles. The molecule has 4 heteroatoms. The highest BCUT2D eigenvalue weighted by Gasteiger charge is 2.12. The van der Waals surface area contributed by atoms with Crippen molar-refractivity contribution < 1.29 is 0 Å². The summed E-state index contributed by atoms with van der Waals surface area (Å²) in [5.74, 6) is 0. The average molecular weight is 637 g/mol. The van der Waals surface area contributed by atoms with E-state index in [1.807, 2.05) is 24.5 Å². The second kappa shape index (κ2) is 11.4. The van der Waals surface area contributed by atoms with Gasteiger partial charge in [0.05, 0.1) is 33.5 Å². The highest BCUT2D eigenvalue weighted by atomic mass is 14.7. The number of pyridine rings is 4. The van der Waals surface area contributed by atoms with Crippen molar-refractivity contribution in [2.45, 2.75) is 0 Å². The van der Waals surface area contributed by atoms with E-state index in [1.165, 1.54) is 10.8 Å². The summed E-state index contributed by atoms with van der Waals surface area (Å²) in [5, 5.41) is 6.87. The van der Waals surface area contributed by atoms with Crippen LogP contribution in [0.25, 0.3) is 99.2 Å². The van der Waals surface area contributed by atoms with Gasteiger partial charge in [-0.25, -0.2) is 9.97 Å². The van der Waals surface area contributed by atoms with E-state index in [0.717, 1.165) is 88.4 Å². The summed E-state index contributed by atoms with van der Waals surface area (Å²) in [7, 11) is 0. The van der Waals surface area contributed by atoms with Crippen molar-refractivity contribution in [3.8, 4) is 44.8 Å². The van der Waals surface area contributed by atoms with Gasteiger partial charge in [0.1, 0.15) is 0 Å². The zero-order valence-electron chi connectivity index (χ0n) is 27.0. The lowest BCUT2D eigenvalue weighted by atomic mass is 9.96. The monoisotopic (exact) mass is 636 g/mol. The first-order valence-corrected chi connectivity index (χ1v) is 16.8. The number of fused-ring (bicyclic) bond motifs is 6. The van der Waals surface area contributed by atoms with Crippen molar-refractivity contribution in [1.29, 1.82) is 0 Å². The van der Waals surface area contributed by atoms with E-state index in [0.29, 0.717) is 0 Å². The molecule has 0 radical (unpaired) electrons. The summed E-state index contributed by atoms with van der Waals surface area (Å²) < 4.78 is 0. The Labute approximate surface area is 288 Å². The van der Waals surface area contributed by atoms with Crippen molar-refractivity contribution in [2.24, 2.45) is 0 Å². The van der Waals surface area contributed by atoms with Gasteiger partial charge >= 0.3 is 0 Å². The van der Waals surface area contributed by atoms with Crippen LogP contribution in [-0.2, 0) is 0 Å². The van der Waals surface area contributed by atoms with Crippen molar-refractivity contribution >= 4 is 54.4 Å². The van der Waals surface area contributed by atoms with Gasteiger partial charge in [0, 0.05) is 45.1 Å². The molecular formula is C46H28N4. The zero-order valence-corrected chi connectivity index (χ0v) is 27.0. The third kappa shape index (κ3) is 4.85. The second-order valence-corrected chi connectivity index (χ2v) is 12.7. The highest BCUT2D eigenvalue weighted by Crippen LogP contribution is 2.35. The molecule has 0 spiro atoms. The molecule has 4 heterocycles. The number of rotatable bonds is 4. The fourth-order valence-electron chi connectivity index (χ4n) is 7.12. The third-order valence-corrected chi connectivity index (χ3v) is 9.71. The highest BCUT2D eigenvalue weighted by molar-refractivity contribution is 6.10. The smallest absolute Gasteiger partial charge is 0.0970 e. The maximum absolute atomic E-state index is 5.05. The minimum atomic E-state index is 0.923. The van der Waals surface area contributed by atoms with E-state index in [4.69, 9.17) is 9.97 Å². The summed E-state index contributed by atoms with van der Waals surface area (Å²) in [4.78, 5) is 19.3. The van der Waals surface area contributed by atoms with Gasteiger partial charge in [0.15, 0.2) is 0 Å². The van der Waals surface area contributed by atoms with E-state index in [-0.39, 0.29) is 0 Å². The van der Waals surface area contributed by atoms with Gasteiger partial charge in [-0.3, -0.25) is 9.97 Å². The fourth-order valence-corrected chi connectivity index (χ4v) is 7.12. The van der Waals surface area contributed by atoms with Crippen LogP contribution < -0.4 is 0 Å². The largest absolute Gasteiger partial charge is 0.254 e. The quantitative estimate of drug-likeness (QED) is 0.180. The predicted molar refractivity (Wildman–Crippen MR) is 207 cm³/mol. The molecule has 0 atom stereocenters. The Morgan fingerprint density at radius 2 is 0.860 bits per heavy atom. The number of nitrogens with zero attached hydrogens (tertiary/aromatic N) is 4. The Hall–Kier alpha value is -6.78. The van der Waals surface area contributed by atoms with E-state index in [1.54, 1.807) is 0 Å². The van der Waals surface area contributed by atoms with E-state index in [2.05, 4.69) is 156 Å². The maximum Gasteiger partial charge on any atom is 0.0970 e. The SMILES string of the molecule is c1ccc2cc(-c3ccc4cc(-c5ccc6nc(-c7ccc(-c8cc9cccnc9c9ncccc89)cc7)ccc6c5)ccc4n3)ccc2c1. The molecular weight excluding hydrogens is 609 g/mol. The standard InChI is InChI=1S/C46H28N4/c1-2-6-32-25-35(14-9-29(32)5-1)44-22-18-37-27-34(16-20-43(37)50-44)33-15-19-42-36(26-33)17-21-41(49-42)31-12-10-30(11-13-31)40-28-38-7-3-23-47-45(38)46-39(40)8-4-24-48-46/h1-28H. The Morgan fingerprint density at radius 3 is 1.60 bits per heavy atom. The molecule has 0 N–H and O–H groups in total. The van der Waals surface area contributed by atoms with Gasteiger partial charge in [-0.2, -0.15) is 0 Å². The number of hydrogen-bond acceptors (Lipinski definition) is 4. The van der Waals surface area contributed by atoms with Gasteiger partial charge < -0.3 is 0 Å². The number of aromatic nitrogens is 4. The van der Waals surface area contributed by atoms with Crippen molar-refractivity contribution in [1.82, 2.24) is 19.9 Å². The summed E-state index contributed by atoms with van der Waals surface area (Å²) in [6.45, 7) is 0. The van der Waals surface area contributed by atoms with Crippen LogP contribution in [0.1, 0.15) is 0 Å². The molecule has 0 fully saturated rings. The molecule has 0 saturated carbocycles. The lowest BCUT2D eigenvalue weighted by molar-refractivity contribution is 1.37. The Bertz CT molecular complexity index is 2930.